The molecule has 0 atom stereocenters. The Balaban J connectivity index is 1.94. The van der Waals surface area contributed by atoms with Gasteiger partial charge in [0.2, 0.25) is 0 Å². The summed E-state index contributed by atoms with van der Waals surface area (Å²) in [4.78, 5) is 10.4. The molecule has 20 heavy (non-hydrogen) atoms. The van der Waals surface area contributed by atoms with Crippen molar-refractivity contribution in [2.45, 2.75) is 51.5 Å². The molecule has 0 saturated heterocycles. The Morgan fingerprint density at radius 2 is 2.05 bits per heavy atom. The van der Waals surface area contributed by atoms with Gasteiger partial charge in [0.1, 0.15) is 5.02 Å². The fourth-order valence-electron chi connectivity index (χ4n) is 2.98. The quantitative estimate of drug-likeness (QED) is 0.613. The van der Waals surface area contributed by atoms with E-state index in [4.69, 9.17) is 11.6 Å². The first kappa shape index (κ1) is 15.1. The maximum Gasteiger partial charge on any atom is 0.289 e. The topological polar surface area (TPSA) is 55.2 Å². The van der Waals surface area contributed by atoms with Gasteiger partial charge in [-0.3, -0.25) is 10.1 Å². The molecular formula is C15H21ClN2O2. The second-order valence-electron chi connectivity index (χ2n) is 5.57. The highest BCUT2D eigenvalue weighted by atomic mass is 35.5. The highest BCUT2D eigenvalue weighted by Crippen LogP contribution is 2.32. The van der Waals surface area contributed by atoms with Crippen LogP contribution in [0.1, 0.15) is 45.4 Å². The molecule has 1 aromatic rings. The number of benzene rings is 1. The fourth-order valence-corrected chi connectivity index (χ4v) is 3.17. The van der Waals surface area contributed by atoms with E-state index in [2.05, 4.69) is 12.2 Å². The number of anilines is 1. The number of rotatable bonds is 5. The number of halogens is 1. The van der Waals surface area contributed by atoms with E-state index in [1.54, 1.807) is 6.07 Å². The molecule has 4 nitrogen and oxygen atoms in total. The molecule has 0 radical (unpaired) electrons. The molecule has 1 saturated carbocycles. The monoisotopic (exact) mass is 296 g/mol. The normalized spacial score (nSPS) is 22.5. The molecule has 0 aliphatic heterocycles. The van der Waals surface area contributed by atoms with Gasteiger partial charge in [-0.2, -0.15) is 0 Å². The third kappa shape index (κ3) is 3.85. The Morgan fingerprint density at radius 3 is 2.65 bits per heavy atom. The van der Waals surface area contributed by atoms with Crippen LogP contribution in [0.5, 0.6) is 0 Å². The van der Waals surface area contributed by atoms with Crippen LogP contribution in [0.3, 0.4) is 0 Å². The van der Waals surface area contributed by atoms with Crippen molar-refractivity contribution in [3.63, 3.8) is 0 Å². The van der Waals surface area contributed by atoms with Gasteiger partial charge in [-0.25, -0.2) is 0 Å². The van der Waals surface area contributed by atoms with E-state index < -0.39 is 4.92 Å². The van der Waals surface area contributed by atoms with E-state index in [-0.39, 0.29) is 10.7 Å². The summed E-state index contributed by atoms with van der Waals surface area (Å²) >= 11 is 5.82. The average molecular weight is 297 g/mol. The van der Waals surface area contributed by atoms with Crippen LogP contribution in [0.15, 0.2) is 18.2 Å². The summed E-state index contributed by atoms with van der Waals surface area (Å²) in [6, 6.07) is 5.35. The maximum absolute atomic E-state index is 10.9. The minimum atomic E-state index is -0.439. The number of nitro groups is 1. The van der Waals surface area contributed by atoms with Gasteiger partial charge in [-0.05, 0) is 43.7 Å². The van der Waals surface area contributed by atoms with Crippen LogP contribution >= 0.6 is 11.6 Å². The molecule has 0 bridgehead atoms. The van der Waals surface area contributed by atoms with Gasteiger partial charge in [-0.1, -0.05) is 31.4 Å². The summed E-state index contributed by atoms with van der Waals surface area (Å²) < 4.78 is 0. The summed E-state index contributed by atoms with van der Waals surface area (Å²) in [5.41, 5.74) is 0.761. The number of nitrogens with one attached hydrogen (secondary N) is 1. The molecule has 1 N–H and O–H groups in total. The molecule has 0 amide bonds. The number of nitrogens with zero attached hydrogens (tertiary/aromatic N) is 1. The molecule has 5 heteroatoms. The highest BCUT2D eigenvalue weighted by molar-refractivity contribution is 6.32. The zero-order valence-corrected chi connectivity index (χ0v) is 12.5. The Kier molecular flexibility index (Phi) is 5.24. The summed E-state index contributed by atoms with van der Waals surface area (Å²) in [6.07, 6.45) is 7.36. The van der Waals surface area contributed by atoms with Crippen molar-refractivity contribution in [1.82, 2.24) is 0 Å². The molecule has 0 spiro atoms. The molecule has 1 aliphatic rings. The minimum absolute atomic E-state index is 0.0312. The van der Waals surface area contributed by atoms with Gasteiger partial charge in [0.25, 0.3) is 5.69 Å². The lowest BCUT2D eigenvalue weighted by molar-refractivity contribution is -0.384. The zero-order valence-electron chi connectivity index (χ0n) is 11.8. The van der Waals surface area contributed by atoms with Gasteiger partial charge >= 0.3 is 0 Å². The lowest BCUT2D eigenvalue weighted by atomic mass is 9.83. The first-order chi connectivity index (χ1) is 9.60. The van der Waals surface area contributed by atoms with E-state index in [1.165, 1.54) is 31.7 Å². The first-order valence-corrected chi connectivity index (χ1v) is 7.68. The summed E-state index contributed by atoms with van der Waals surface area (Å²) in [7, 11) is 0. The Labute approximate surface area is 124 Å². The lowest BCUT2D eigenvalue weighted by Gasteiger charge is -2.29. The second-order valence-corrected chi connectivity index (χ2v) is 5.98. The molecule has 110 valence electrons. The molecular weight excluding hydrogens is 276 g/mol. The minimum Gasteiger partial charge on any atom is -0.382 e. The van der Waals surface area contributed by atoms with Crippen molar-refractivity contribution in [2.24, 2.45) is 5.92 Å². The van der Waals surface area contributed by atoms with Gasteiger partial charge in [-0.15, -0.1) is 0 Å². The first-order valence-electron chi connectivity index (χ1n) is 7.30. The van der Waals surface area contributed by atoms with Gasteiger partial charge < -0.3 is 5.32 Å². The van der Waals surface area contributed by atoms with Crippen LogP contribution < -0.4 is 5.32 Å². The maximum atomic E-state index is 10.9. The molecule has 2 rings (SSSR count). The van der Waals surface area contributed by atoms with E-state index in [9.17, 15) is 10.1 Å². The zero-order chi connectivity index (χ0) is 14.5. The van der Waals surface area contributed by atoms with Crippen LogP contribution in [-0.2, 0) is 0 Å². The number of hydrogen-bond donors (Lipinski definition) is 1. The number of hydrogen-bond acceptors (Lipinski definition) is 3. The Bertz CT molecular complexity index is 471. The van der Waals surface area contributed by atoms with E-state index in [1.807, 2.05) is 6.07 Å². The van der Waals surface area contributed by atoms with Crippen molar-refractivity contribution in [3.8, 4) is 0 Å². The molecule has 0 aromatic heterocycles. The van der Waals surface area contributed by atoms with Crippen molar-refractivity contribution >= 4 is 23.0 Å². The number of nitro benzene ring substituents is 1. The van der Waals surface area contributed by atoms with E-state index >= 15 is 0 Å². The van der Waals surface area contributed by atoms with Crippen LogP contribution in [-0.4, -0.2) is 11.0 Å². The van der Waals surface area contributed by atoms with E-state index in [0.29, 0.717) is 6.04 Å². The van der Waals surface area contributed by atoms with Crippen molar-refractivity contribution in [1.29, 1.82) is 0 Å². The molecule has 1 aliphatic carbocycles. The summed E-state index contributed by atoms with van der Waals surface area (Å²) in [5.74, 6) is 0.859. The van der Waals surface area contributed by atoms with Crippen molar-refractivity contribution < 1.29 is 4.92 Å². The summed E-state index contributed by atoms with van der Waals surface area (Å²) in [6.45, 7) is 2.23. The largest absolute Gasteiger partial charge is 0.382 e. The van der Waals surface area contributed by atoms with Crippen LogP contribution in [0.2, 0.25) is 5.02 Å². The Morgan fingerprint density at radius 1 is 1.35 bits per heavy atom. The highest BCUT2D eigenvalue weighted by Gasteiger charge is 2.21. The predicted octanol–water partition coefficient (Wildman–Crippen LogP) is 5.02. The third-order valence-electron chi connectivity index (χ3n) is 4.06. The van der Waals surface area contributed by atoms with E-state index in [0.717, 1.165) is 24.4 Å². The van der Waals surface area contributed by atoms with Crippen LogP contribution in [0.4, 0.5) is 11.4 Å². The molecule has 1 aromatic carbocycles. The fraction of sp³-hybridized carbons (Fsp3) is 0.600. The smallest absolute Gasteiger partial charge is 0.289 e. The lowest BCUT2D eigenvalue weighted by Crippen LogP contribution is -2.26. The van der Waals surface area contributed by atoms with Gasteiger partial charge in [0.15, 0.2) is 0 Å². The van der Waals surface area contributed by atoms with Crippen molar-refractivity contribution in [2.75, 3.05) is 5.32 Å². The molecule has 0 unspecified atom stereocenters. The van der Waals surface area contributed by atoms with Crippen LogP contribution in [0.25, 0.3) is 0 Å². The standard InChI is InChI=1S/C15H21ClN2O2/c1-2-3-11-4-6-12(7-5-11)17-13-8-9-14(16)15(10-13)18(19)20/h8-12,17H,2-7H2,1H3. The second kappa shape index (κ2) is 6.93. The van der Waals surface area contributed by atoms with Gasteiger partial charge in [0, 0.05) is 17.8 Å². The third-order valence-corrected chi connectivity index (χ3v) is 4.38. The van der Waals surface area contributed by atoms with Crippen molar-refractivity contribution in [3.05, 3.63) is 33.3 Å². The molecule has 0 heterocycles. The molecule has 1 fully saturated rings. The van der Waals surface area contributed by atoms with Gasteiger partial charge in [0.05, 0.1) is 4.92 Å². The average Bonchev–Trinajstić information content (AvgIpc) is 2.43. The SMILES string of the molecule is CCCC1CCC(Nc2ccc(Cl)c([N+](=O)[O-])c2)CC1. The Hall–Kier alpha value is -1.29. The predicted molar refractivity (Wildman–Crippen MR) is 82.4 cm³/mol. The van der Waals surface area contributed by atoms with Crippen LogP contribution in [0, 0.1) is 16.0 Å². The summed E-state index contributed by atoms with van der Waals surface area (Å²) in [5, 5.41) is 14.5.